The maximum absolute atomic E-state index is 13.3. The molecule has 124 valence electrons. The van der Waals surface area contributed by atoms with E-state index in [-0.39, 0.29) is 5.43 Å². The van der Waals surface area contributed by atoms with Gasteiger partial charge in [0.15, 0.2) is 5.43 Å². The standard InChI is InChI=1S/C18H12Cl2N4O/c1-23-15-5-3-2-4-13(15)17(25)16(18(23)24-10-21-9-22-24)12-7-6-11(19)8-14(12)20/h2-10H,1H3. The van der Waals surface area contributed by atoms with Crippen LogP contribution in [-0.4, -0.2) is 19.3 Å². The van der Waals surface area contributed by atoms with Gasteiger partial charge in [0.25, 0.3) is 0 Å². The van der Waals surface area contributed by atoms with Gasteiger partial charge in [0.05, 0.1) is 16.1 Å². The summed E-state index contributed by atoms with van der Waals surface area (Å²) in [6, 6.07) is 12.5. The lowest BCUT2D eigenvalue weighted by molar-refractivity contribution is 0.778. The van der Waals surface area contributed by atoms with Crippen molar-refractivity contribution in [3.05, 3.63) is 75.4 Å². The highest BCUT2D eigenvalue weighted by atomic mass is 35.5. The van der Waals surface area contributed by atoms with Gasteiger partial charge >= 0.3 is 0 Å². The molecule has 0 unspecified atom stereocenters. The van der Waals surface area contributed by atoms with Gasteiger partial charge in [-0.1, -0.05) is 41.4 Å². The highest BCUT2D eigenvalue weighted by molar-refractivity contribution is 6.36. The number of para-hydroxylation sites is 1. The van der Waals surface area contributed by atoms with Crippen LogP contribution in [0.5, 0.6) is 0 Å². The van der Waals surface area contributed by atoms with Crippen molar-refractivity contribution >= 4 is 34.1 Å². The van der Waals surface area contributed by atoms with Crippen LogP contribution < -0.4 is 5.43 Å². The van der Waals surface area contributed by atoms with Gasteiger partial charge in [-0.15, -0.1) is 0 Å². The lowest BCUT2D eigenvalue weighted by Crippen LogP contribution is -2.18. The highest BCUT2D eigenvalue weighted by Gasteiger charge is 2.20. The van der Waals surface area contributed by atoms with Crippen LogP contribution in [0.3, 0.4) is 0 Å². The van der Waals surface area contributed by atoms with E-state index in [2.05, 4.69) is 10.1 Å². The Morgan fingerprint density at radius 1 is 1.08 bits per heavy atom. The zero-order chi connectivity index (χ0) is 17.6. The molecule has 2 heterocycles. The average molecular weight is 371 g/mol. The van der Waals surface area contributed by atoms with Crippen LogP contribution in [0.1, 0.15) is 0 Å². The molecule has 2 aromatic carbocycles. The molecule has 0 saturated heterocycles. The van der Waals surface area contributed by atoms with E-state index in [1.54, 1.807) is 35.3 Å². The minimum Gasteiger partial charge on any atom is -0.328 e. The topological polar surface area (TPSA) is 52.7 Å². The number of rotatable bonds is 2. The molecule has 4 aromatic rings. The second kappa shape index (κ2) is 6.02. The Labute approximate surface area is 153 Å². The summed E-state index contributed by atoms with van der Waals surface area (Å²) in [5.41, 5.74) is 1.73. The molecule has 4 rings (SSSR count). The van der Waals surface area contributed by atoms with Crippen LogP contribution in [0.4, 0.5) is 0 Å². The fourth-order valence-electron chi connectivity index (χ4n) is 3.00. The van der Waals surface area contributed by atoms with E-state index in [0.29, 0.717) is 32.4 Å². The fraction of sp³-hybridized carbons (Fsp3) is 0.0556. The molecular weight excluding hydrogens is 359 g/mol. The first-order chi connectivity index (χ1) is 12.1. The Balaban J connectivity index is 2.21. The third-order valence-electron chi connectivity index (χ3n) is 4.11. The normalized spacial score (nSPS) is 11.2. The van der Waals surface area contributed by atoms with Gasteiger partial charge in [-0.3, -0.25) is 4.79 Å². The van der Waals surface area contributed by atoms with Crippen molar-refractivity contribution in [1.29, 1.82) is 0 Å². The van der Waals surface area contributed by atoms with E-state index in [9.17, 15) is 4.79 Å². The summed E-state index contributed by atoms with van der Waals surface area (Å²) >= 11 is 12.4. The molecule has 0 amide bonds. The molecule has 0 aliphatic heterocycles. The maximum Gasteiger partial charge on any atom is 0.199 e. The van der Waals surface area contributed by atoms with E-state index < -0.39 is 0 Å². The minimum atomic E-state index is -0.122. The molecule has 2 aromatic heterocycles. The van der Waals surface area contributed by atoms with Crippen molar-refractivity contribution in [3.8, 4) is 16.9 Å². The van der Waals surface area contributed by atoms with Gasteiger partial charge in [0.1, 0.15) is 18.5 Å². The molecular formula is C18H12Cl2N4O. The van der Waals surface area contributed by atoms with E-state index >= 15 is 0 Å². The van der Waals surface area contributed by atoms with E-state index in [0.717, 1.165) is 5.52 Å². The summed E-state index contributed by atoms with van der Waals surface area (Å²) in [6.45, 7) is 0. The maximum atomic E-state index is 13.3. The van der Waals surface area contributed by atoms with Gasteiger partial charge in [-0.2, -0.15) is 5.10 Å². The predicted octanol–water partition coefficient (Wildman–Crippen LogP) is 4.09. The van der Waals surface area contributed by atoms with Crippen LogP contribution in [0.2, 0.25) is 10.0 Å². The SMILES string of the molecule is Cn1c(-n2cncn2)c(-c2ccc(Cl)cc2Cl)c(=O)c2ccccc21. The Bertz CT molecular complexity index is 1150. The summed E-state index contributed by atoms with van der Waals surface area (Å²) in [7, 11) is 1.88. The molecule has 0 atom stereocenters. The van der Waals surface area contributed by atoms with Crippen LogP contribution in [0.25, 0.3) is 27.8 Å². The molecule has 0 radical (unpaired) electrons. The number of hydrogen-bond donors (Lipinski definition) is 0. The Morgan fingerprint density at radius 2 is 1.88 bits per heavy atom. The van der Waals surface area contributed by atoms with Crippen LogP contribution in [0, 0.1) is 0 Å². The molecule has 0 aliphatic rings. The van der Waals surface area contributed by atoms with Crippen molar-refractivity contribution < 1.29 is 0 Å². The van der Waals surface area contributed by atoms with Crippen molar-refractivity contribution in [3.63, 3.8) is 0 Å². The second-order valence-corrected chi connectivity index (χ2v) is 6.41. The quantitative estimate of drug-likeness (QED) is 0.533. The lowest BCUT2D eigenvalue weighted by atomic mass is 10.0. The first-order valence-corrected chi connectivity index (χ1v) is 8.25. The molecule has 0 aliphatic carbocycles. The first kappa shape index (κ1) is 15.9. The number of nitrogens with zero attached hydrogens (tertiary/aromatic N) is 4. The number of pyridine rings is 1. The number of halogens is 2. The summed E-state index contributed by atoms with van der Waals surface area (Å²) < 4.78 is 3.47. The van der Waals surface area contributed by atoms with E-state index in [4.69, 9.17) is 23.2 Å². The summed E-state index contributed by atoms with van der Waals surface area (Å²) in [6.07, 6.45) is 2.98. The van der Waals surface area contributed by atoms with Crippen LogP contribution in [0.15, 0.2) is 59.9 Å². The van der Waals surface area contributed by atoms with Crippen molar-refractivity contribution in [1.82, 2.24) is 19.3 Å². The largest absolute Gasteiger partial charge is 0.328 e. The number of hydrogen-bond acceptors (Lipinski definition) is 3. The number of fused-ring (bicyclic) bond motifs is 1. The second-order valence-electron chi connectivity index (χ2n) is 5.57. The summed E-state index contributed by atoms with van der Waals surface area (Å²) in [4.78, 5) is 17.3. The third-order valence-corrected chi connectivity index (χ3v) is 4.66. The van der Waals surface area contributed by atoms with E-state index in [1.165, 1.54) is 6.33 Å². The lowest BCUT2D eigenvalue weighted by Gasteiger charge is -2.17. The number of aromatic nitrogens is 4. The molecule has 7 heteroatoms. The number of aryl methyl sites for hydroxylation is 1. The first-order valence-electron chi connectivity index (χ1n) is 7.50. The number of benzene rings is 2. The minimum absolute atomic E-state index is 0.122. The van der Waals surface area contributed by atoms with Gasteiger partial charge < -0.3 is 4.57 Å². The highest BCUT2D eigenvalue weighted by Crippen LogP contribution is 2.33. The predicted molar refractivity (Wildman–Crippen MR) is 99.6 cm³/mol. The fourth-order valence-corrected chi connectivity index (χ4v) is 3.50. The molecule has 25 heavy (non-hydrogen) atoms. The van der Waals surface area contributed by atoms with Gasteiger partial charge in [-0.25, -0.2) is 9.67 Å². The van der Waals surface area contributed by atoms with Crippen molar-refractivity contribution in [2.75, 3.05) is 0 Å². The molecule has 0 bridgehead atoms. The zero-order valence-electron chi connectivity index (χ0n) is 13.1. The van der Waals surface area contributed by atoms with Gasteiger partial charge in [-0.05, 0) is 24.3 Å². The van der Waals surface area contributed by atoms with Gasteiger partial charge in [0, 0.05) is 23.0 Å². The van der Waals surface area contributed by atoms with Crippen molar-refractivity contribution in [2.45, 2.75) is 0 Å². The zero-order valence-corrected chi connectivity index (χ0v) is 14.7. The molecule has 0 fully saturated rings. The third kappa shape index (κ3) is 2.52. The summed E-state index contributed by atoms with van der Waals surface area (Å²) in [5.74, 6) is 0.588. The Hall–Kier alpha value is -2.63. The molecule has 5 nitrogen and oxygen atoms in total. The Morgan fingerprint density at radius 3 is 2.60 bits per heavy atom. The molecule has 0 spiro atoms. The molecule has 0 saturated carbocycles. The van der Waals surface area contributed by atoms with Crippen LogP contribution in [-0.2, 0) is 7.05 Å². The monoisotopic (exact) mass is 370 g/mol. The average Bonchev–Trinajstić information content (AvgIpc) is 3.13. The van der Waals surface area contributed by atoms with Crippen LogP contribution >= 0.6 is 23.2 Å². The summed E-state index contributed by atoms with van der Waals surface area (Å²) in [5, 5.41) is 5.72. The Kier molecular flexibility index (Phi) is 3.82. The van der Waals surface area contributed by atoms with Crippen molar-refractivity contribution in [2.24, 2.45) is 7.05 Å². The smallest absolute Gasteiger partial charge is 0.199 e. The molecule has 0 N–H and O–H groups in total. The van der Waals surface area contributed by atoms with Gasteiger partial charge in [0.2, 0.25) is 0 Å². The van der Waals surface area contributed by atoms with E-state index in [1.807, 2.05) is 29.8 Å².